The molecule has 2 nitrogen and oxygen atoms in total. The van der Waals surface area contributed by atoms with E-state index in [1.54, 1.807) is 0 Å². The van der Waals surface area contributed by atoms with Crippen molar-refractivity contribution in [2.45, 2.75) is 45.3 Å². The highest BCUT2D eigenvalue weighted by Gasteiger charge is 2.39. The van der Waals surface area contributed by atoms with Crippen LogP contribution >= 0.6 is 11.8 Å². The molecule has 0 bridgehead atoms. The molecule has 2 N–H and O–H groups in total. The van der Waals surface area contributed by atoms with Gasteiger partial charge in [0, 0.05) is 0 Å². The molecular formula is C20H24O2S. The van der Waals surface area contributed by atoms with Gasteiger partial charge in [-0.05, 0) is 79.7 Å². The molecule has 0 atom stereocenters. The SMILES string of the molecule is Cc1cc(C2(c3cc(C)c(O)c(C)c3)CCCS2)cc(C)c1O. The van der Waals surface area contributed by atoms with Crippen LogP contribution in [0.4, 0.5) is 0 Å². The molecular weight excluding hydrogens is 304 g/mol. The number of thioether (sulfide) groups is 1. The molecule has 0 aromatic heterocycles. The van der Waals surface area contributed by atoms with E-state index in [2.05, 4.69) is 24.3 Å². The molecule has 2 aromatic carbocycles. The van der Waals surface area contributed by atoms with Crippen LogP contribution < -0.4 is 0 Å². The largest absolute Gasteiger partial charge is 0.507 e. The highest BCUT2D eigenvalue weighted by molar-refractivity contribution is 8.00. The zero-order chi connectivity index (χ0) is 16.8. The van der Waals surface area contributed by atoms with Crippen molar-refractivity contribution >= 4 is 11.8 Å². The molecule has 0 saturated carbocycles. The van der Waals surface area contributed by atoms with Crippen LogP contribution in [0.3, 0.4) is 0 Å². The van der Waals surface area contributed by atoms with Crippen LogP contribution in [0.25, 0.3) is 0 Å². The molecule has 1 fully saturated rings. The zero-order valence-corrected chi connectivity index (χ0v) is 15.0. The molecule has 1 aliphatic rings. The Morgan fingerprint density at radius 2 is 1.17 bits per heavy atom. The second-order valence-corrected chi connectivity index (χ2v) is 8.09. The monoisotopic (exact) mass is 328 g/mol. The lowest BCUT2D eigenvalue weighted by atomic mass is 9.83. The molecule has 1 heterocycles. The molecule has 23 heavy (non-hydrogen) atoms. The lowest BCUT2D eigenvalue weighted by Gasteiger charge is -2.31. The summed E-state index contributed by atoms with van der Waals surface area (Å²) in [6, 6.07) is 8.49. The van der Waals surface area contributed by atoms with Crippen molar-refractivity contribution in [3.8, 4) is 11.5 Å². The highest BCUT2D eigenvalue weighted by atomic mass is 32.2. The average Bonchev–Trinajstić information content (AvgIpc) is 3.00. The number of phenols is 2. The predicted molar refractivity (Wildman–Crippen MR) is 97.6 cm³/mol. The van der Waals surface area contributed by atoms with Crippen LogP contribution in [0.2, 0.25) is 0 Å². The van der Waals surface area contributed by atoms with E-state index in [4.69, 9.17) is 0 Å². The summed E-state index contributed by atoms with van der Waals surface area (Å²) in [5, 5.41) is 20.2. The number of aryl methyl sites for hydroxylation is 4. The third kappa shape index (κ3) is 2.61. The van der Waals surface area contributed by atoms with Crippen molar-refractivity contribution in [3.05, 3.63) is 57.6 Å². The normalized spacial score (nSPS) is 16.7. The van der Waals surface area contributed by atoms with E-state index in [0.29, 0.717) is 11.5 Å². The molecule has 0 aliphatic carbocycles. The second-order valence-electron chi connectivity index (χ2n) is 6.70. The summed E-state index contributed by atoms with van der Waals surface area (Å²) in [6.45, 7) is 7.86. The first-order valence-electron chi connectivity index (χ1n) is 8.10. The van der Waals surface area contributed by atoms with Gasteiger partial charge in [0.25, 0.3) is 0 Å². The van der Waals surface area contributed by atoms with Crippen molar-refractivity contribution in [2.75, 3.05) is 5.75 Å². The van der Waals surface area contributed by atoms with Gasteiger partial charge in [0.2, 0.25) is 0 Å². The minimum absolute atomic E-state index is 0.0769. The summed E-state index contributed by atoms with van der Waals surface area (Å²) in [7, 11) is 0. The van der Waals surface area contributed by atoms with Gasteiger partial charge >= 0.3 is 0 Å². The maximum absolute atomic E-state index is 10.1. The van der Waals surface area contributed by atoms with Crippen LogP contribution in [0.5, 0.6) is 11.5 Å². The molecule has 0 spiro atoms. The van der Waals surface area contributed by atoms with Gasteiger partial charge in [0.05, 0.1) is 4.75 Å². The number of hydrogen-bond donors (Lipinski definition) is 2. The van der Waals surface area contributed by atoms with Crippen LogP contribution in [-0.2, 0) is 4.75 Å². The molecule has 122 valence electrons. The van der Waals surface area contributed by atoms with E-state index >= 15 is 0 Å². The molecule has 1 aliphatic heterocycles. The van der Waals surface area contributed by atoms with E-state index in [9.17, 15) is 10.2 Å². The Labute approximate surface area is 142 Å². The third-order valence-electron chi connectivity index (χ3n) is 4.94. The molecule has 2 aromatic rings. The number of benzene rings is 2. The Morgan fingerprint density at radius 1 is 0.783 bits per heavy atom. The van der Waals surface area contributed by atoms with Gasteiger partial charge in [-0.15, -0.1) is 11.8 Å². The minimum Gasteiger partial charge on any atom is -0.507 e. The summed E-state index contributed by atoms with van der Waals surface area (Å²) in [5.74, 6) is 1.92. The number of phenolic OH excluding ortho intramolecular Hbond substituents is 2. The summed E-state index contributed by atoms with van der Waals surface area (Å²) >= 11 is 1.98. The first-order chi connectivity index (χ1) is 10.8. The Balaban J connectivity index is 2.22. The van der Waals surface area contributed by atoms with Gasteiger partial charge in [-0.3, -0.25) is 0 Å². The Hall–Kier alpha value is -1.61. The maximum atomic E-state index is 10.1. The molecule has 3 rings (SSSR count). The van der Waals surface area contributed by atoms with Crippen molar-refractivity contribution in [1.82, 2.24) is 0 Å². The van der Waals surface area contributed by atoms with Gasteiger partial charge in [-0.1, -0.05) is 24.3 Å². The Bertz CT molecular complexity index is 653. The molecule has 0 unspecified atom stereocenters. The third-order valence-corrected chi connectivity index (χ3v) is 6.60. The first kappa shape index (κ1) is 16.3. The zero-order valence-electron chi connectivity index (χ0n) is 14.2. The first-order valence-corrected chi connectivity index (χ1v) is 9.09. The van der Waals surface area contributed by atoms with Crippen LogP contribution in [0, 0.1) is 27.7 Å². The lowest BCUT2D eigenvalue weighted by molar-refractivity contribution is 0.465. The van der Waals surface area contributed by atoms with E-state index in [1.807, 2.05) is 39.5 Å². The van der Waals surface area contributed by atoms with Gasteiger partial charge in [0.15, 0.2) is 0 Å². The fourth-order valence-corrected chi connectivity index (χ4v) is 5.13. The Kier molecular flexibility index (Phi) is 4.09. The van der Waals surface area contributed by atoms with E-state index in [0.717, 1.165) is 34.4 Å². The van der Waals surface area contributed by atoms with Gasteiger partial charge in [0.1, 0.15) is 11.5 Å². The predicted octanol–water partition coefficient (Wildman–Crippen LogP) is 5.10. The number of aromatic hydroxyl groups is 2. The van der Waals surface area contributed by atoms with Gasteiger partial charge < -0.3 is 10.2 Å². The second kappa shape index (κ2) is 5.79. The Morgan fingerprint density at radius 3 is 1.48 bits per heavy atom. The average molecular weight is 328 g/mol. The topological polar surface area (TPSA) is 40.5 Å². The smallest absolute Gasteiger partial charge is 0.121 e. The molecule has 0 radical (unpaired) electrons. The van der Waals surface area contributed by atoms with E-state index in [1.165, 1.54) is 17.5 Å². The lowest BCUT2D eigenvalue weighted by Crippen LogP contribution is -2.21. The summed E-state index contributed by atoms with van der Waals surface area (Å²) in [6.07, 6.45) is 2.27. The molecule has 0 amide bonds. The molecule has 1 saturated heterocycles. The van der Waals surface area contributed by atoms with Crippen LogP contribution in [0.15, 0.2) is 24.3 Å². The number of rotatable bonds is 2. The summed E-state index contributed by atoms with van der Waals surface area (Å²) in [4.78, 5) is 0. The van der Waals surface area contributed by atoms with Crippen LogP contribution in [-0.4, -0.2) is 16.0 Å². The van der Waals surface area contributed by atoms with E-state index < -0.39 is 0 Å². The van der Waals surface area contributed by atoms with Crippen molar-refractivity contribution < 1.29 is 10.2 Å². The van der Waals surface area contributed by atoms with Crippen LogP contribution in [0.1, 0.15) is 46.2 Å². The fourth-order valence-electron chi connectivity index (χ4n) is 3.64. The number of hydrogen-bond acceptors (Lipinski definition) is 3. The molecule has 3 heteroatoms. The van der Waals surface area contributed by atoms with E-state index in [-0.39, 0.29) is 4.75 Å². The quantitative estimate of drug-likeness (QED) is 0.805. The van der Waals surface area contributed by atoms with Gasteiger partial charge in [-0.2, -0.15) is 0 Å². The van der Waals surface area contributed by atoms with Crippen molar-refractivity contribution in [1.29, 1.82) is 0 Å². The minimum atomic E-state index is -0.0769. The maximum Gasteiger partial charge on any atom is 0.121 e. The van der Waals surface area contributed by atoms with Crippen molar-refractivity contribution in [3.63, 3.8) is 0 Å². The van der Waals surface area contributed by atoms with Crippen molar-refractivity contribution in [2.24, 2.45) is 0 Å². The summed E-state index contributed by atoms with van der Waals surface area (Å²) < 4.78 is -0.0769. The van der Waals surface area contributed by atoms with Gasteiger partial charge in [-0.25, -0.2) is 0 Å². The standard InChI is InChI=1S/C20H24O2S/c1-12-8-16(9-13(2)18(12)21)20(6-5-7-23-20)17-10-14(3)19(22)15(4)11-17/h8-11,21-22H,5-7H2,1-4H3. The summed E-state index contributed by atoms with van der Waals surface area (Å²) in [5.41, 5.74) is 6.24. The fraction of sp³-hybridized carbons (Fsp3) is 0.400. The highest BCUT2D eigenvalue weighted by Crippen LogP contribution is 2.53.